The van der Waals surface area contributed by atoms with Crippen molar-refractivity contribution in [3.8, 4) is 0 Å². The summed E-state index contributed by atoms with van der Waals surface area (Å²) in [5.74, 6) is -1.03. The van der Waals surface area contributed by atoms with Gasteiger partial charge in [-0.3, -0.25) is 9.59 Å². The number of amides is 2. The molecular formula is C23H32F4N4O2. The summed E-state index contributed by atoms with van der Waals surface area (Å²) in [6.45, 7) is -0.877. The second-order valence-electron chi connectivity index (χ2n) is 9.49. The van der Waals surface area contributed by atoms with Crippen LogP contribution in [-0.2, 0) is 22.4 Å². The molecule has 1 aromatic rings. The highest BCUT2D eigenvalue weighted by Crippen LogP contribution is 2.50. The number of nitrogens with one attached hydrogen (secondary N) is 2. The van der Waals surface area contributed by atoms with Gasteiger partial charge < -0.3 is 21.3 Å². The maximum atomic E-state index is 14.8. The van der Waals surface area contributed by atoms with E-state index in [0.29, 0.717) is 30.4 Å². The molecule has 4 N–H and O–H groups in total. The number of alkyl halides is 3. The number of rotatable bonds is 11. The van der Waals surface area contributed by atoms with E-state index in [1.54, 1.807) is 5.32 Å². The predicted octanol–water partition coefficient (Wildman–Crippen LogP) is 2.85. The molecule has 2 aliphatic rings. The molecule has 2 fully saturated rings. The molecule has 3 rings (SSSR count). The van der Waals surface area contributed by atoms with Crippen LogP contribution in [0.5, 0.6) is 0 Å². The molecule has 0 aliphatic heterocycles. The molecule has 1 aromatic carbocycles. The van der Waals surface area contributed by atoms with E-state index in [9.17, 15) is 27.2 Å². The van der Waals surface area contributed by atoms with E-state index in [-0.39, 0.29) is 17.2 Å². The molecule has 6 nitrogen and oxygen atoms in total. The predicted molar refractivity (Wildman–Crippen MR) is 117 cm³/mol. The number of carbonyl (C=O) groups is 2. The Kier molecular flexibility index (Phi) is 8.00. The number of nitrogens with zero attached hydrogens (tertiary/aromatic N) is 1. The topological polar surface area (TPSA) is 87.5 Å². The lowest BCUT2D eigenvalue weighted by Crippen LogP contribution is -2.44. The van der Waals surface area contributed by atoms with Crippen molar-refractivity contribution >= 4 is 17.5 Å². The summed E-state index contributed by atoms with van der Waals surface area (Å²) in [4.78, 5) is 26.7. The zero-order valence-electron chi connectivity index (χ0n) is 19.0. The normalized spacial score (nSPS) is 17.4. The molecule has 0 heterocycles. The van der Waals surface area contributed by atoms with Crippen molar-refractivity contribution in [2.24, 2.45) is 23.5 Å². The van der Waals surface area contributed by atoms with Gasteiger partial charge in [0.25, 0.3) is 0 Å². The summed E-state index contributed by atoms with van der Waals surface area (Å²) < 4.78 is 52.0. The average Bonchev–Trinajstić information content (AvgIpc) is 3.62. The van der Waals surface area contributed by atoms with Gasteiger partial charge in [-0.15, -0.1) is 0 Å². The largest absolute Gasteiger partial charge is 0.405 e. The third-order valence-corrected chi connectivity index (χ3v) is 6.26. The van der Waals surface area contributed by atoms with Gasteiger partial charge in [0.1, 0.15) is 12.4 Å². The maximum absolute atomic E-state index is 14.8. The first-order chi connectivity index (χ1) is 15.4. The Bertz CT molecular complexity index is 855. The number of likely N-dealkylation sites (N-methyl/N-ethyl adjacent to an activating group) is 1. The SMILES string of the molecule is CN(C)CCc1cc(NC(=O)C(N)C(C2CC2)C2CC2)c(F)cc1CC(=O)NCC(F)(F)F. The smallest absolute Gasteiger partial charge is 0.347 e. The Morgan fingerprint density at radius 2 is 1.73 bits per heavy atom. The van der Waals surface area contributed by atoms with Gasteiger partial charge in [-0.05, 0) is 87.2 Å². The molecule has 184 valence electrons. The number of hydrogen-bond donors (Lipinski definition) is 3. The quantitative estimate of drug-likeness (QED) is 0.433. The Morgan fingerprint density at radius 1 is 1.12 bits per heavy atom. The van der Waals surface area contributed by atoms with Crippen LogP contribution in [0, 0.1) is 23.6 Å². The van der Waals surface area contributed by atoms with Crippen LogP contribution in [0.1, 0.15) is 36.8 Å². The Hall–Kier alpha value is -2.20. The zero-order valence-corrected chi connectivity index (χ0v) is 19.0. The first-order valence-corrected chi connectivity index (χ1v) is 11.3. The number of carbonyl (C=O) groups excluding carboxylic acids is 2. The number of halogens is 4. The minimum Gasteiger partial charge on any atom is -0.347 e. The summed E-state index contributed by atoms with van der Waals surface area (Å²) in [6.07, 6.45) is -0.231. The molecule has 33 heavy (non-hydrogen) atoms. The van der Waals surface area contributed by atoms with Gasteiger partial charge in [-0.1, -0.05) is 0 Å². The molecular weight excluding hydrogens is 440 g/mol. The summed E-state index contributed by atoms with van der Waals surface area (Å²) in [5.41, 5.74) is 7.09. The van der Waals surface area contributed by atoms with Crippen LogP contribution < -0.4 is 16.4 Å². The van der Waals surface area contributed by atoms with Gasteiger partial charge in [-0.2, -0.15) is 13.2 Å². The Labute approximate surface area is 191 Å². The summed E-state index contributed by atoms with van der Waals surface area (Å²) in [7, 11) is 3.69. The van der Waals surface area contributed by atoms with Crippen molar-refractivity contribution in [2.75, 3.05) is 32.5 Å². The number of hydrogen-bond acceptors (Lipinski definition) is 4. The van der Waals surface area contributed by atoms with Gasteiger partial charge >= 0.3 is 6.18 Å². The van der Waals surface area contributed by atoms with Gasteiger partial charge in [-0.25, -0.2) is 4.39 Å². The molecule has 0 spiro atoms. The second-order valence-corrected chi connectivity index (χ2v) is 9.49. The van der Waals surface area contributed by atoms with Gasteiger partial charge in [0.15, 0.2) is 0 Å². The van der Waals surface area contributed by atoms with Crippen LogP contribution in [0.15, 0.2) is 12.1 Å². The maximum Gasteiger partial charge on any atom is 0.405 e. The van der Waals surface area contributed by atoms with Crippen molar-refractivity contribution < 1.29 is 27.2 Å². The number of anilines is 1. The van der Waals surface area contributed by atoms with Crippen molar-refractivity contribution in [3.63, 3.8) is 0 Å². The van der Waals surface area contributed by atoms with E-state index >= 15 is 0 Å². The minimum atomic E-state index is -4.53. The standard InChI is InChI=1S/C23H32F4N4O2/c1-31(2)8-7-15-10-18(17(24)9-16(15)11-19(32)29-12-23(25,26)27)30-22(33)21(28)20(13-3-4-13)14-5-6-14/h9-10,13-14,20-21H,3-8,11-12,28H2,1-2H3,(H,29,32)(H,30,33). The molecule has 1 atom stereocenters. The Balaban J connectivity index is 1.74. The van der Waals surface area contributed by atoms with E-state index < -0.39 is 42.8 Å². The van der Waals surface area contributed by atoms with Crippen molar-refractivity contribution in [3.05, 3.63) is 29.1 Å². The van der Waals surface area contributed by atoms with Crippen LogP contribution in [0.25, 0.3) is 0 Å². The van der Waals surface area contributed by atoms with E-state index in [2.05, 4.69) is 5.32 Å². The molecule has 0 radical (unpaired) electrons. The lowest BCUT2D eigenvalue weighted by Gasteiger charge is -2.23. The monoisotopic (exact) mass is 472 g/mol. The highest BCUT2D eigenvalue weighted by molar-refractivity contribution is 5.95. The lowest BCUT2D eigenvalue weighted by atomic mass is 9.89. The third-order valence-electron chi connectivity index (χ3n) is 6.26. The highest BCUT2D eigenvalue weighted by atomic mass is 19.4. The van der Waals surface area contributed by atoms with Crippen molar-refractivity contribution in [1.29, 1.82) is 0 Å². The first-order valence-electron chi connectivity index (χ1n) is 11.3. The van der Waals surface area contributed by atoms with Crippen LogP contribution in [-0.4, -0.2) is 56.1 Å². The van der Waals surface area contributed by atoms with Crippen LogP contribution in [0.3, 0.4) is 0 Å². The van der Waals surface area contributed by atoms with Crippen LogP contribution in [0.2, 0.25) is 0 Å². The van der Waals surface area contributed by atoms with Gasteiger partial charge in [0.05, 0.1) is 18.2 Å². The summed E-state index contributed by atoms with van der Waals surface area (Å²) in [5, 5.41) is 4.41. The molecule has 0 aromatic heterocycles. The Morgan fingerprint density at radius 3 is 2.24 bits per heavy atom. The van der Waals surface area contributed by atoms with Gasteiger partial charge in [0.2, 0.25) is 11.8 Å². The molecule has 10 heteroatoms. The molecule has 0 bridgehead atoms. The first kappa shape index (κ1) is 25.4. The fourth-order valence-corrected chi connectivity index (χ4v) is 4.26. The van der Waals surface area contributed by atoms with Crippen LogP contribution >= 0.6 is 0 Å². The summed E-state index contributed by atoms with van der Waals surface area (Å²) in [6, 6.07) is 1.85. The lowest BCUT2D eigenvalue weighted by molar-refractivity contribution is -0.138. The fourth-order valence-electron chi connectivity index (χ4n) is 4.26. The van der Waals surface area contributed by atoms with Crippen molar-refractivity contribution in [2.45, 2.75) is 50.7 Å². The molecule has 2 aliphatic carbocycles. The van der Waals surface area contributed by atoms with Crippen LogP contribution in [0.4, 0.5) is 23.2 Å². The minimum absolute atomic E-state index is 0.0333. The number of benzene rings is 1. The van der Waals surface area contributed by atoms with E-state index in [4.69, 9.17) is 5.73 Å². The fraction of sp³-hybridized carbons (Fsp3) is 0.652. The third kappa shape index (κ3) is 7.67. The van der Waals surface area contributed by atoms with E-state index in [1.807, 2.05) is 19.0 Å². The average molecular weight is 473 g/mol. The zero-order chi connectivity index (χ0) is 24.3. The van der Waals surface area contributed by atoms with E-state index in [1.165, 1.54) is 6.07 Å². The molecule has 2 amide bonds. The second kappa shape index (κ2) is 10.4. The molecule has 2 saturated carbocycles. The van der Waals surface area contributed by atoms with E-state index in [0.717, 1.165) is 31.7 Å². The van der Waals surface area contributed by atoms with Crippen molar-refractivity contribution in [1.82, 2.24) is 10.2 Å². The number of nitrogens with two attached hydrogens (primary N) is 1. The summed E-state index contributed by atoms with van der Waals surface area (Å²) >= 11 is 0. The molecule has 0 saturated heterocycles. The highest BCUT2D eigenvalue weighted by Gasteiger charge is 2.46. The molecule has 1 unspecified atom stereocenters. The van der Waals surface area contributed by atoms with Gasteiger partial charge in [0, 0.05) is 6.54 Å².